The van der Waals surface area contributed by atoms with Crippen molar-refractivity contribution >= 4 is 37.4 Å². The van der Waals surface area contributed by atoms with E-state index < -0.39 is 9.84 Å². The lowest BCUT2D eigenvalue weighted by Gasteiger charge is -2.48. The molecule has 7 rings (SSSR count). The molecule has 0 radical (unpaired) electrons. The molecule has 1 aromatic carbocycles. The van der Waals surface area contributed by atoms with Crippen LogP contribution in [0.3, 0.4) is 0 Å². The molecule has 1 aliphatic heterocycles. The first-order valence-electron chi connectivity index (χ1n) is 14.0. The van der Waals surface area contributed by atoms with E-state index >= 15 is 0 Å². The van der Waals surface area contributed by atoms with Crippen molar-refractivity contribution in [1.29, 1.82) is 0 Å². The van der Waals surface area contributed by atoms with E-state index in [-0.39, 0.29) is 17.7 Å². The third-order valence-corrected chi connectivity index (χ3v) is 9.28. The average molecular weight is 595 g/mol. The Bertz CT molecular complexity index is 2120. The van der Waals surface area contributed by atoms with E-state index in [2.05, 4.69) is 28.9 Å². The van der Waals surface area contributed by atoms with Crippen molar-refractivity contribution < 1.29 is 17.6 Å². The molecule has 43 heavy (non-hydrogen) atoms. The van der Waals surface area contributed by atoms with Crippen molar-refractivity contribution in [2.45, 2.75) is 19.9 Å². The highest BCUT2D eigenvalue weighted by Gasteiger charge is 2.38. The number of rotatable bonds is 7. The summed E-state index contributed by atoms with van der Waals surface area (Å²) in [5.41, 5.74) is 6.65. The minimum Gasteiger partial charge on any atom is -0.496 e. The molecule has 0 spiro atoms. The first-order chi connectivity index (χ1) is 20.7. The minimum atomic E-state index is -3.07. The Balaban J connectivity index is 1.37. The zero-order chi connectivity index (χ0) is 29.9. The number of anilines is 1. The predicted octanol–water partition coefficient (Wildman–Crippen LogP) is 5.48. The zero-order valence-electron chi connectivity index (χ0n) is 24.2. The molecule has 5 aromatic heterocycles. The number of methoxy groups -OCH3 is 1. The second-order valence-corrected chi connectivity index (χ2v) is 13.3. The van der Waals surface area contributed by atoms with Crippen LogP contribution in [0.1, 0.15) is 12.6 Å². The number of nitrogens with zero attached hydrogens (tertiary/aromatic N) is 6. The van der Waals surface area contributed by atoms with Gasteiger partial charge in [-0.15, -0.1) is 0 Å². The van der Waals surface area contributed by atoms with E-state index in [4.69, 9.17) is 24.2 Å². The molecule has 0 aliphatic carbocycles. The SMILES string of the molecule is COc1ccncc1-c1cc2c(cnn2-c2cc(N3C[C@H](CS(C)(=O)=O)[C@H]3C)cc(-c3ccc4occc4c3)n2)c(C)n1. The minimum absolute atomic E-state index is 0.0552. The van der Waals surface area contributed by atoms with Crippen LogP contribution in [-0.2, 0) is 9.84 Å². The van der Waals surface area contributed by atoms with E-state index in [0.717, 1.165) is 55.8 Å². The summed E-state index contributed by atoms with van der Waals surface area (Å²) in [6.45, 7) is 4.67. The smallest absolute Gasteiger partial charge is 0.156 e. The molecule has 10 nitrogen and oxygen atoms in total. The number of hydrogen-bond acceptors (Lipinski definition) is 9. The first kappa shape index (κ1) is 27.1. The maximum Gasteiger partial charge on any atom is 0.156 e. The van der Waals surface area contributed by atoms with Crippen molar-refractivity contribution in [2.75, 3.05) is 30.6 Å². The van der Waals surface area contributed by atoms with Gasteiger partial charge in [-0.2, -0.15) is 5.10 Å². The van der Waals surface area contributed by atoms with Crippen LogP contribution in [0.4, 0.5) is 5.69 Å². The quantitative estimate of drug-likeness (QED) is 0.237. The maximum absolute atomic E-state index is 12.0. The molecule has 6 aromatic rings. The van der Waals surface area contributed by atoms with Gasteiger partial charge >= 0.3 is 0 Å². The van der Waals surface area contributed by atoms with Crippen molar-refractivity contribution in [2.24, 2.45) is 5.92 Å². The summed E-state index contributed by atoms with van der Waals surface area (Å²) in [4.78, 5) is 16.4. The average Bonchev–Trinajstić information content (AvgIpc) is 3.65. The van der Waals surface area contributed by atoms with Gasteiger partial charge in [0.15, 0.2) is 5.82 Å². The van der Waals surface area contributed by atoms with Gasteiger partial charge in [0, 0.05) is 70.9 Å². The summed E-state index contributed by atoms with van der Waals surface area (Å²) in [5, 5.41) is 6.65. The number of furan rings is 1. The Morgan fingerprint density at radius 2 is 1.91 bits per heavy atom. The molecule has 1 fully saturated rings. The number of fused-ring (bicyclic) bond motifs is 2. The molecule has 11 heteroatoms. The van der Waals surface area contributed by atoms with E-state index in [1.807, 2.05) is 54.2 Å². The summed E-state index contributed by atoms with van der Waals surface area (Å²) in [5.74, 6) is 1.56. The van der Waals surface area contributed by atoms with Crippen LogP contribution >= 0.6 is 0 Å². The van der Waals surface area contributed by atoms with E-state index in [1.165, 1.54) is 6.26 Å². The second kappa shape index (κ2) is 10.2. The first-order valence-corrected chi connectivity index (χ1v) is 16.0. The Morgan fingerprint density at radius 3 is 2.70 bits per heavy atom. The van der Waals surface area contributed by atoms with Gasteiger partial charge < -0.3 is 14.1 Å². The Labute approximate surface area is 248 Å². The van der Waals surface area contributed by atoms with Gasteiger partial charge in [-0.05, 0) is 56.3 Å². The van der Waals surface area contributed by atoms with Gasteiger partial charge in [0.2, 0.25) is 0 Å². The highest BCUT2D eigenvalue weighted by molar-refractivity contribution is 7.90. The topological polar surface area (TPSA) is 116 Å². The summed E-state index contributed by atoms with van der Waals surface area (Å²) < 4.78 is 37.0. The fourth-order valence-electron chi connectivity index (χ4n) is 5.91. The number of ether oxygens (including phenoxy) is 1. The van der Waals surface area contributed by atoms with Gasteiger partial charge in [-0.1, -0.05) is 0 Å². The molecule has 6 heterocycles. The van der Waals surface area contributed by atoms with Gasteiger partial charge in [0.25, 0.3) is 0 Å². The Kier molecular flexibility index (Phi) is 6.42. The fourth-order valence-corrected chi connectivity index (χ4v) is 7.07. The lowest BCUT2D eigenvalue weighted by molar-refractivity contribution is 0.341. The molecule has 0 amide bonds. The van der Waals surface area contributed by atoms with Gasteiger partial charge in [0.1, 0.15) is 21.2 Å². The van der Waals surface area contributed by atoms with Crippen molar-refractivity contribution in [3.8, 4) is 34.1 Å². The number of benzene rings is 1. The third-order valence-electron chi connectivity index (χ3n) is 8.25. The number of aryl methyl sites for hydroxylation is 1. The fraction of sp³-hybridized carbons (Fsp3) is 0.250. The molecule has 0 N–H and O–H groups in total. The number of pyridine rings is 3. The maximum atomic E-state index is 12.0. The van der Waals surface area contributed by atoms with Crippen LogP contribution < -0.4 is 9.64 Å². The molecular formula is C32H30N6O4S. The molecule has 1 saturated heterocycles. The van der Waals surface area contributed by atoms with Crippen LogP contribution in [0.15, 0.2) is 77.8 Å². The van der Waals surface area contributed by atoms with E-state index in [1.54, 1.807) is 25.8 Å². The van der Waals surface area contributed by atoms with Gasteiger partial charge in [-0.3, -0.25) is 9.97 Å². The molecule has 218 valence electrons. The summed E-state index contributed by atoms with van der Waals surface area (Å²) in [7, 11) is -1.45. The highest BCUT2D eigenvalue weighted by atomic mass is 32.2. The van der Waals surface area contributed by atoms with Crippen LogP contribution in [0.5, 0.6) is 5.75 Å². The molecular weight excluding hydrogens is 564 g/mol. The Morgan fingerprint density at radius 1 is 1.05 bits per heavy atom. The van der Waals surface area contributed by atoms with Crippen LogP contribution in [0, 0.1) is 12.8 Å². The van der Waals surface area contributed by atoms with Crippen LogP contribution in [0.25, 0.3) is 50.2 Å². The van der Waals surface area contributed by atoms with Crippen molar-refractivity contribution in [1.82, 2.24) is 24.7 Å². The number of sulfone groups is 1. The zero-order valence-corrected chi connectivity index (χ0v) is 25.0. The van der Waals surface area contributed by atoms with Crippen molar-refractivity contribution in [3.63, 3.8) is 0 Å². The summed E-state index contributed by atoms with van der Waals surface area (Å²) >= 11 is 0. The largest absolute Gasteiger partial charge is 0.496 e. The summed E-state index contributed by atoms with van der Waals surface area (Å²) in [6, 6.07) is 15.9. The third kappa shape index (κ3) is 4.89. The Hall–Kier alpha value is -4.77. The molecule has 0 unspecified atom stereocenters. The lowest BCUT2D eigenvalue weighted by Crippen LogP contribution is -2.57. The predicted molar refractivity (Wildman–Crippen MR) is 166 cm³/mol. The van der Waals surface area contributed by atoms with Crippen LogP contribution in [-0.4, -0.2) is 64.9 Å². The molecule has 0 saturated carbocycles. The van der Waals surface area contributed by atoms with E-state index in [9.17, 15) is 8.42 Å². The van der Waals surface area contributed by atoms with Crippen LogP contribution in [0.2, 0.25) is 0 Å². The van der Waals surface area contributed by atoms with Gasteiger partial charge in [-0.25, -0.2) is 18.1 Å². The number of hydrogen-bond donors (Lipinski definition) is 0. The normalized spacial score (nSPS) is 17.0. The molecule has 0 bridgehead atoms. The second-order valence-electron chi connectivity index (χ2n) is 11.1. The summed E-state index contributed by atoms with van der Waals surface area (Å²) in [6.07, 6.45) is 8.21. The van der Waals surface area contributed by atoms with Crippen molar-refractivity contribution in [3.05, 3.63) is 79.1 Å². The van der Waals surface area contributed by atoms with E-state index in [0.29, 0.717) is 18.1 Å². The standard InChI is InChI=1S/C32H30N6O4S/c1-19-25-16-34-38(29(25)14-28(35-19)26-15-33-9-7-31(26)41-3)32-13-24(37-17-23(20(37)2)18-43(4,39)40)12-27(36-32)21-5-6-30-22(11-21)8-10-42-30/h5-16,20,23H,17-18H2,1-4H3/t20-,23-/m1/s1. The number of aromatic nitrogens is 5. The van der Waals surface area contributed by atoms with Gasteiger partial charge in [0.05, 0.1) is 47.8 Å². The molecule has 1 aliphatic rings. The molecule has 2 atom stereocenters. The monoisotopic (exact) mass is 594 g/mol. The lowest BCUT2D eigenvalue weighted by atomic mass is 9.91. The highest BCUT2D eigenvalue weighted by Crippen LogP contribution is 2.37.